The number of hydrogen-bond donors (Lipinski definition) is 2. The first-order valence-corrected chi connectivity index (χ1v) is 7.06. The molecule has 0 aliphatic rings. The van der Waals surface area contributed by atoms with E-state index < -0.39 is 11.9 Å². The highest BCUT2D eigenvalue weighted by Gasteiger charge is 2.16. The number of aromatic nitrogens is 2. The minimum Gasteiger partial charge on any atom is -0.372 e. The van der Waals surface area contributed by atoms with Crippen molar-refractivity contribution in [3.8, 4) is 0 Å². The third-order valence-electron chi connectivity index (χ3n) is 2.64. The molecule has 0 bridgehead atoms. The molecule has 7 heteroatoms. The van der Waals surface area contributed by atoms with Gasteiger partial charge in [-0.3, -0.25) is 10.1 Å². The maximum absolute atomic E-state index is 13.5. The molecule has 1 aromatic carbocycles. The van der Waals surface area contributed by atoms with Crippen LogP contribution in [0, 0.1) is 5.82 Å². The van der Waals surface area contributed by atoms with E-state index in [0.717, 1.165) is 11.4 Å². The first-order valence-electron chi connectivity index (χ1n) is 6.24. The van der Waals surface area contributed by atoms with Crippen molar-refractivity contribution in [3.05, 3.63) is 35.1 Å². The molecule has 0 spiro atoms. The van der Waals surface area contributed by atoms with Gasteiger partial charge in [0.15, 0.2) is 0 Å². The Hall–Kier alpha value is -2.02. The highest BCUT2D eigenvalue weighted by Crippen LogP contribution is 2.17. The van der Waals surface area contributed by atoms with Crippen LogP contribution in [-0.2, 0) is 11.2 Å². The molecule has 1 aromatic heterocycles. The predicted octanol–water partition coefficient (Wildman–Crippen LogP) is 2.68. The number of carbonyl (C=O) groups is 1. The number of amides is 1. The zero-order valence-electron chi connectivity index (χ0n) is 11.2. The smallest absolute Gasteiger partial charge is 0.248 e. The third-order valence-corrected chi connectivity index (χ3v) is 3.62. The van der Waals surface area contributed by atoms with Gasteiger partial charge in [0.05, 0.1) is 5.69 Å². The van der Waals surface area contributed by atoms with Crippen molar-refractivity contribution in [1.82, 2.24) is 10.2 Å². The Morgan fingerprint density at radius 2 is 2.15 bits per heavy atom. The molecule has 1 heterocycles. The number of halogens is 1. The van der Waals surface area contributed by atoms with E-state index in [9.17, 15) is 9.18 Å². The van der Waals surface area contributed by atoms with Gasteiger partial charge in [-0.2, -0.15) is 0 Å². The van der Waals surface area contributed by atoms with Crippen LogP contribution in [0.2, 0.25) is 0 Å². The van der Waals surface area contributed by atoms with Crippen LogP contribution in [-0.4, -0.2) is 22.1 Å². The van der Waals surface area contributed by atoms with Gasteiger partial charge in [-0.25, -0.2) is 4.39 Å². The third kappa shape index (κ3) is 3.51. The summed E-state index contributed by atoms with van der Waals surface area (Å²) in [6.45, 7) is 3.62. The van der Waals surface area contributed by atoms with Gasteiger partial charge in [0.25, 0.3) is 0 Å². The molecule has 0 aliphatic carbocycles. The molecule has 2 N–H and O–H groups in total. The Labute approximate surface area is 120 Å². The predicted molar refractivity (Wildman–Crippen MR) is 77.4 cm³/mol. The normalized spacial score (nSPS) is 11.9. The highest BCUT2D eigenvalue weighted by atomic mass is 32.1. The Kier molecular flexibility index (Phi) is 4.62. The number of para-hydroxylation sites is 1. The Bertz CT molecular complexity index is 602. The van der Waals surface area contributed by atoms with Crippen LogP contribution < -0.4 is 10.6 Å². The van der Waals surface area contributed by atoms with Crippen LogP contribution in [0.15, 0.2) is 24.3 Å². The van der Waals surface area contributed by atoms with Crippen molar-refractivity contribution in [2.45, 2.75) is 26.3 Å². The summed E-state index contributed by atoms with van der Waals surface area (Å²) < 4.78 is 13.5. The van der Waals surface area contributed by atoms with Crippen LogP contribution in [0.1, 0.15) is 18.9 Å². The van der Waals surface area contributed by atoms with E-state index in [-0.39, 0.29) is 5.91 Å². The van der Waals surface area contributed by atoms with Crippen molar-refractivity contribution in [2.75, 3.05) is 10.6 Å². The summed E-state index contributed by atoms with van der Waals surface area (Å²) in [5.74, 6) is -0.677. The Morgan fingerprint density at radius 3 is 2.80 bits per heavy atom. The van der Waals surface area contributed by atoms with Crippen LogP contribution in [0.3, 0.4) is 0 Å². The van der Waals surface area contributed by atoms with Crippen molar-refractivity contribution in [1.29, 1.82) is 0 Å². The van der Waals surface area contributed by atoms with Crippen molar-refractivity contribution in [3.63, 3.8) is 0 Å². The van der Waals surface area contributed by atoms with Gasteiger partial charge in [0.2, 0.25) is 11.0 Å². The van der Waals surface area contributed by atoms with Crippen molar-refractivity contribution < 1.29 is 9.18 Å². The zero-order chi connectivity index (χ0) is 14.5. The molecule has 0 radical (unpaired) electrons. The largest absolute Gasteiger partial charge is 0.372 e. The molecular weight excluding hydrogens is 279 g/mol. The monoisotopic (exact) mass is 294 g/mol. The van der Waals surface area contributed by atoms with E-state index in [2.05, 4.69) is 20.8 Å². The number of nitrogens with one attached hydrogen (secondary N) is 2. The summed E-state index contributed by atoms with van der Waals surface area (Å²) in [5, 5.41) is 14.6. The van der Waals surface area contributed by atoms with Crippen LogP contribution in [0.5, 0.6) is 0 Å². The Balaban J connectivity index is 1.97. The average molecular weight is 294 g/mol. The van der Waals surface area contributed by atoms with Gasteiger partial charge in [-0.05, 0) is 25.5 Å². The summed E-state index contributed by atoms with van der Waals surface area (Å²) >= 11 is 1.33. The lowest BCUT2D eigenvalue weighted by atomic mass is 10.2. The molecule has 0 fully saturated rings. The van der Waals surface area contributed by atoms with Gasteiger partial charge in [0, 0.05) is 0 Å². The number of nitrogens with zero attached hydrogens (tertiary/aromatic N) is 2. The minimum absolute atomic E-state index is 0.285. The van der Waals surface area contributed by atoms with Gasteiger partial charge < -0.3 is 5.32 Å². The summed E-state index contributed by atoms with van der Waals surface area (Å²) in [6.07, 6.45) is 0.774. The lowest BCUT2D eigenvalue weighted by Gasteiger charge is -2.14. The first-order chi connectivity index (χ1) is 9.60. The van der Waals surface area contributed by atoms with Gasteiger partial charge in [0.1, 0.15) is 16.9 Å². The molecule has 106 valence electrons. The van der Waals surface area contributed by atoms with Gasteiger partial charge in [-0.1, -0.05) is 30.4 Å². The molecule has 0 unspecified atom stereocenters. The standard InChI is InChI=1S/C13H15FN4OS/c1-3-11-17-18-13(20-11)16-12(19)8(2)15-10-7-5-4-6-9(10)14/h4-8,15H,3H2,1-2H3,(H,16,18,19)/t8-/m0/s1. The summed E-state index contributed by atoms with van der Waals surface area (Å²) in [6, 6.07) is 5.64. The van der Waals surface area contributed by atoms with E-state index in [4.69, 9.17) is 0 Å². The van der Waals surface area contributed by atoms with Gasteiger partial charge in [-0.15, -0.1) is 10.2 Å². The number of aryl methyl sites for hydroxylation is 1. The summed E-state index contributed by atoms with van der Waals surface area (Å²) in [4.78, 5) is 12.0. The number of anilines is 2. The summed E-state index contributed by atoms with van der Waals surface area (Å²) in [5.41, 5.74) is 0.293. The minimum atomic E-state index is -0.583. The first kappa shape index (κ1) is 14.4. The molecule has 0 aliphatic heterocycles. The quantitative estimate of drug-likeness (QED) is 0.889. The highest BCUT2D eigenvalue weighted by molar-refractivity contribution is 7.15. The average Bonchev–Trinajstić information content (AvgIpc) is 2.89. The van der Waals surface area contributed by atoms with Crippen molar-refractivity contribution in [2.24, 2.45) is 0 Å². The molecule has 5 nitrogen and oxygen atoms in total. The lowest BCUT2D eigenvalue weighted by Crippen LogP contribution is -2.32. The van der Waals surface area contributed by atoms with E-state index >= 15 is 0 Å². The van der Waals surface area contributed by atoms with Gasteiger partial charge >= 0.3 is 0 Å². The number of carbonyl (C=O) groups excluding carboxylic acids is 1. The van der Waals surface area contributed by atoms with Crippen LogP contribution >= 0.6 is 11.3 Å². The molecule has 2 rings (SSSR count). The molecule has 2 aromatic rings. The second-order valence-electron chi connectivity index (χ2n) is 4.19. The van der Waals surface area contributed by atoms with Crippen molar-refractivity contribution >= 4 is 28.1 Å². The van der Waals surface area contributed by atoms with E-state index in [1.54, 1.807) is 25.1 Å². The van der Waals surface area contributed by atoms with E-state index in [0.29, 0.717) is 10.8 Å². The zero-order valence-corrected chi connectivity index (χ0v) is 12.0. The van der Waals surface area contributed by atoms with E-state index in [1.165, 1.54) is 17.4 Å². The molecule has 20 heavy (non-hydrogen) atoms. The number of benzene rings is 1. The number of hydrogen-bond acceptors (Lipinski definition) is 5. The van der Waals surface area contributed by atoms with E-state index in [1.807, 2.05) is 6.92 Å². The maximum Gasteiger partial charge on any atom is 0.248 e. The topological polar surface area (TPSA) is 66.9 Å². The molecule has 1 atom stereocenters. The second-order valence-corrected chi connectivity index (χ2v) is 5.25. The summed E-state index contributed by atoms with van der Waals surface area (Å²) in [7, 11) is 0. The Morgan fingerprint density at radius 1 is 1.40 bits per heavy atom. The molecule has 0 saturated carbocycles. The fourth-order valence-corrected chi connectivity index (χ4v) is 2.22. The number of rotatable bonds is 5. The van der Waals surface area contributed by atoms with Crippen LogP contribution in [0.4, 0.5) is 15.2 Å². The lowest BCUT2D eigenvalue weighted by molar-refractivity contribution is -0.116. The molecule has 0 saturated heterocycles. The van der Waals surface area contributed by atoms with Crippen LogP contribution in [0.25, 0.3) is 0 Å². The maximum atomic E-state index is 13.5. The fourth-order valence-electron chi connectivity index (χ4n) is 1.54. The molecule has 1 amide bonds. The molecular formula is C13H15FN4OS. The second kappa shape index (κ2) is 6.42. The SMILES string of the molecule is CCc1nnc(NC(=O)[C@H](C)Nc2ccccc2F)s1. The fraction of sp³-hybridized carbons (Fsp3) is 0.308.